The van der Waals surface area contributed by atoms with Gasteiger partial charge in [-0.2, -0.15) is 10.1 Å². The zero-order valence-corrected chi connectivity index (χ0v) is 9.75. The molecule has 2 aliphatic rings. The predicted molar refractivity (Wildman–Crippen MR) is 65.2 cm³/mol. The number of epoxide rings is 1. The maximum Gasteiger partial charge on any atom is 0.250 e. The maximum absolute atomic E-state index is 11.5. The molecule has 0 aromatic carbocycles. The van der Waals surface area contributed by atoms with E-state index in [0.29, 0.717) is 17.1 Å². The molecule has 6 nitrogen and oxygen atoms in total. The van der Waals surface area contributed by atoms with Crippen LogP contribution in [0.5, 0.6) is 0 Å². The Hall–Kier alpha value is -1.82. The third-order valence-corrected chi connectivity index (χ3v) is 2.59. The van der Waals surface area contributed by atoms with E-state index >= 15 is 0 Å². The van der Waals surface area contributed by atoms with Crippen LogP contribution in [0, 0.1) is 5.92 Å². The molecule has 6 heteroatoms. The van der Waals surface area contributed by atoms with E-state index in [9.17, 15) is 4.79 Å². The van der Waals surface area contributed by atoms with Crippen molar-refractivity contribution in [1.29, 1.82) is 0 Å². The summed E-state index contributed by atoms with van der Waals surface area (Å²) in [6, 6.07) is 0. The molecular formula is C11H14N4O2. The summed E-state index contributed by atoms with van der Waals surface area (Å²) in [5, 5.41) is 3.57. The van der Waals surface area contributed by atoms with E-state index in [1.807, 2.05) is 0 Å². The third kappa shape index (κ3) is 2.16. The number of fused-ring (bicyclic) bond motifs is 1. The molecule has 2 rings (SSSR count). The molecule has 0 aliphatic carbocycles. The number of rotatable bonds is 1. The van der Waals surface area contributed by atoms with E-state index in [-0.39, 0.29) is 24.0 Å². The lowest BCUT2D eigenvalue weighted by Gasteiger charge is -2.02. The average molecular weight is 234 g/mol. The summed E-state index contributed by atoms with van der Waals surface area (Å²) in [6.07, 6.45) is 1.06. The minimum absolute atomic E-state index is 0.174. The summed E-state index contributed by atoms with van der Waals surface area (Å²) < 4.78 is 5.35. The van der Waals surface area contributed by atoms with Gasteiger partial charge in [-0.25, -0.2) is 4.99 Å². The smallest absolute Gasteiger partial charge is 0.250 e. The van der Waals surface area contributed by atoms with Gasteiger partial charge < -0.3 is 10.6 Å². The molecule has 1 amide bonds. The normalized spacial score (nSPS) is 31.8. The second-order valence-electron chi connectivity index (χ2n) is 4.24. The first kappa shape index (κ1) is 11.7. The topological polar surface area (TPSA) is 92.7 Å². The van der Waals surface area contributed by atoms with Crippen molar-refractivity contribution >= 4 is 23.7 Å². The Morgan fingerprint density at radius 1 is 1.59 bits per heavy atom. The molecule has 2 N–H and O–H groups in total. The van der Waals surface area contributed by atoms with Crippen molar-refractivity contribution in [2.45, 2.75) is 26.1 Å². The molecule has 0 radical (unpaired) electrons. The van der Waals surface area contributed by atoms with Crippen LogP contribution in [0.3, 0.4) is 0 Å². The number of carbonyl (C=O) groups excluding carboxylic acids is 1. The molecule has 2 atom stereocenters. The Labute approximate surface area is 99.0 Å². The van der Waals surface area contributed by atoms with E-state index in [1.165, 1.54) is 6.21 Å². The van der Waals surface area contributed by atoms with Gasteiger partial charge in [-0.15, -0.1) is 0 Å². The van der Waals surface area contributed by atoms with Gasteiger partial charge in [0.25, 0.3) is 0 Å². The highest BCUT2D eigenvalue weighted by Crippen LogP contribution is 2.32. The Balaban J connectivity index is 2.29. The molecule has 0 spiro atoms. The molecule has 0 aromatic rings. The molecule has 0 aromatic heterocycles. The van der Waals surface area contributed by atoms with E-state index in [4.69, 9.17) is 10.6 Å². The van der Waals surface area contributed by atoms with Crippen LogP contribution in [0.25, 0.3) is 0 Å². The number of carbonyl (C=O) groups is 1. The van der Waals surface area contributed by atoms with Gasteiger partial charge in [-0.05, 0) is 0 Å². The van der Waals surface area contributed by atoms with Gasteiger partial charge in [0.1, 0.15) is 17.9 Å². The average Bonchev–Trinajstić information content (AvgIpc) is 3.06. The van der Waals surface area contributed by atoms with Crippen LogP contribution in [-0.2, 0) is 9.53 Å². The van der Waals surface area contributed by atoms with Crippen molar-refractivity contribution in [3.63, 3.8) is 0 Å². The summed E-state index contributed by atoms with van der Waals surface area (Å²) in [4.78, 5) is 19.5. The van der Waals surface area contributed by atoms with Gasteiger partial charge in [0.15, 0.2) is 5.84 Å². The summed E-state index contributed by atoms with van der Waals surface area (Å²) >= 11 is 0. The molecule has 2 aliphatic heterocycles. The Morgan fingerprint density at radius 2 is 2.29 bits per heavy atom. The molecule has 2 heterocycles. The largest absolute Gasteiger partial charge is 0.357 e. The molecule has 17 heavy (non-hydrogen) atoms. The van der Waals surface area contributed by atoms with Crippen molar-refractivity contribution in [3.05, 3.63) is 12.2 Å². The highest BCUT2D eigenvalue weighted by atomic mass is 16.6. The summed E-state index contributed by atoms with van der Waals surface area (Å²) in [5.74, 6) is 5.10. The van der Waals surface area contributed by atoms with Crippen LogP contribution in [0.15, 0.2) is 27.2 Å². The number of hydrogen-bond donors (Lipinski definition) is 1. The lowest BCUT2D eigenvalue weighted by molar-refractivity contribution is -0.120. The third-order valence-electron chi connectivity index (χ3n) is 2.59. The number of aliphatic imine (C=N–C) groups is 2. The molecule has 90 valence electrons. The minimum Gasteiger partial charge on any atom is -0.357 e. The van der Waals surface area contributed by atoms with Gasteiger partial charge in [0.2, 0.25) is 5.91 Å². The summed E-state index contributed by atoms with van der Waals surface area (Å²) in [5.41, 5.74) is 1.14. The molecular weight excluding hydrogens is 220 g/mol. The van der Waals surface area contributed by atoms with Crippen LogP contribution in [0.4, 0.5) is 0 Å². The van der Waals surface area contributed by atoms with Crippen LogP contribution >= 0.6 is 0 Å². The monoisotopic (exact) mass is 234 g/mol. The SMILES string of the molecule is C=C1C(=NC(=O)C(C)C)N=CC(=NN)C2O[C@@H]12. The predicted octanol–water partition coefficient (Wildman–Crippen LogP) is 0.290. The van der Waals surface area contributed by atoms with Crippen LogP contribution in [0.2, 0.25) is 0 Å². The summed E-state index contributed by atoms with van der Waals surface area (Å²) in [7, 11) is 0. The van der Waals surface area contributed by atoms with Gasteiger partial charge in [0, 0.05) is 11.5 Å². The van der Waals surface area contributed by atoms with Crippen LogP contribution < -0.4 is 5.84 Å². The van der Waals surface area contributed by atoms with Crippen molar-refractivity contribution in [2.24, 2.45) is 26.8 Å². The highest BCUT2D eigenvalue weighted by Gasteiger charge is 2.47. The maximum atomic E-state index is 11.5. The molecule has 0 bridgehead atoms. The molecule has 0 saturated carbocycles. The molecule has 1 fully saturated rings. The zero-order valence-electron chi connectivity index (χ0n) is 9.75. The van der Waals surface area contributed by atoms with Gasteiger partial charge in [0.05, 0.1) is 6.21 Å². The van der Waals surface area contributed by atoms with Crippen LogP contribution in [0.1, 0.15) is 13.8 Å². The fourth-order valence-corrected chi connectivity index (χ4v) is 1.45. The lowest BCUT2D eigenvalue weighted by Crippen LogP contribution is -2.13. The van der Waals surface area contributed by atoms with Gasteiger partial charge in [-0.1, -0.05) is 20.4 Å². The first-order valence-electron chi connectivity index (χ1n) is 5.33. The zero-order chi connectivity index (χ0) is 12.6. The van der Waals surface area contributed by atoms with Crippen molar-refractivity contribution < 1.29 is 9.53 Å². The fraction of sp³-hybridized carbons (Fsp3) is 0.455. The first-order chi connectivity index (χ1) is 8.04. The minimum atomic E-state index is -0.233. The standard InChI is InChI=1S/C11H14N4O2/c1-5(2)11(16)14-10-6(3)8-9(17-8)7(15-12)4-13-10/h4-5,8-9H,3,12H2,1-2H3/t8-,9?/m0/s1. The van der Waals surface area contributed by atoms with Crippen molar-refractivity contribution in [3.8, 4) is 0 Å². The molecule has 1 saturated heterocycles. The van der Waals surface area contributed by atoms with Crippen molar-refractivity contribution in [2.75, 3.05) is 0 Å². The van der Waals surface area contributed by atoms with E-state index in [0.717, 1.165) is 0 Å². The number of nitrogens with zero attached hydrogens (tertiary/aromatic N) is 3. The number of hydrogen-bond acceptors (Lipinski definition) is 4. The highest BCUT2D eigenvalue weighted by molar-refractivity contribution is 6.37. The van der Waals surface area contributed by atoms with Crippen molar-refractivity contribution in [1.82, 2.24) is 0 Å². The quantitative estimate of drug-likeness (QED) is 0.401. The van der Waals surface area contributed by atoms with Crippen LogP contribution in [-0.4, -0.2) is 35.9 Å². The Bertz CT molecular complexity index is 462. The second-order valence-corrected chi connectivity index (χ2v) is 4.24. The number of nitrogens with two attached hydrogens (primary N) is 1. The van der Waals surface area contributed by atoms with E-state index in [1.54, 1.807) is 13.8 Å². The number of hydrazone groups is 1. The van der Waals surface area contributed by atoms with Gasteiger partial charge in [-0.3, -0.25) is 4.79 Å². The van der Waals surface area contributed by atoms with E-state index in [2.05, 4.69) is 21.7 Å². The summed E-state index contributed by atoms with van der Waals surface area (Å²) in [6.45, 7) is 7.39. The Morgan fingerprint density at radius 3 is 2.88 bits per heavy atom. The second kappa shape index (κ2) is 4.21. The van der Waals surface area contributed by atoms with E-state index < -0.39 is 0 Å². The molecule has 1 unspecified atom stereocenters. The Kier molecular flexibility index (Phi) is 2.89. The number of amides is 1. The first-order valence-corrected chi connectivity index (χ1v) is 5.33. The number of ether oxygens (including phenoxy) is 1. The fourth-order valence-electron chi connectivity index (χ4n) is 1.45. The number of amidine groups is 1. The van der Waals surface area contributed by atoms with Gasteiger partial charge >= 0.3 is 0 Å². The lowest BCUT2D eigenvalue weighted by atomic mass is 10.1.